The van der Waals surface area contributed by atoms with Gasteiger partial charge in [-0.05, 0) is 12.1 Å². The van der Waals surface area contributed by atoms with Gasteiger partial charge in [-0.1, -0.05) is 12.1 Å². The number of benzene rings is 1. The quantitative estimate of drug-likeness (QED) is 0.745. The molecule has 1 unspecified atom stereocenters. The van der Waals surface area contributed by atoms with Crippen molar-refractivity contribution >= 4 is 42.7 Å². The van der Waals surface area contributed by atoms with Crippen LogP contribution in [0.4, 0.5) is 4.39 Å². The van der Waals surface area contributed by atoms with Gasteiger partial charge in [0.2, 0.25) is 14.2 Å². The van der Waals surface area contributed by atoms with Crippen LogP contribution in [0.5, 0.6) is 0 Å². The second kappa shape index (κ2) is 4.62. The first-order chi connectivity index (χ1) is 9.09. The second-order valence-electron chi connectivity index (χ2n) is 3.68. The van der Waals surface area contributed by atoms with Gasteiger partial charge in [0.15, 0.2) is 0 Å². The molecule has 3 rings (SSSR count). The highest BCUT2D eigenvalue weighted by atomic mass is 32.2. The summed E-state index contributed by atoms with van der Waals surface area (Å²) in [6.45, 7) is 0. The van der Waals surface area contributed by atoms with E-state index in [2.05, 4.69) is 9.97 Å². The van der Waals surface area contributed by atoms with Crippen LogP contribution in [0.1, 0.15) is 10.5 Å². The summed E-state index contributed by atoms with van der Waals surface area (Å²) in [5.41, 5.74) is -1.61. The van der Waals surface area contributed by atoms with Crippen LogP contribution in [-0.2, 0) is 9.84 Å². The van der Waals surface area contributed by atoms with Crippen LogP contribution in [0.25, 0.3) is 10.2 Å². The Morgan fingerprint density at radius 2 is 2.05 bits per heavy atom. The van der Waals surface area contributed by atoms with Crippen molar-refractivity contribution < 1.29 is 12.8 Å². The minimum atomic E-state index is -4.14. The average Bonchev–Trinajstić information content (AvgIpc) is 3.06. The van der Waals surface area contributed by atoms with Crippen molar-refractivity contribution in [2.24, 2.45) is 0 Å². The van der Waals surface area contributed by atoms with Crippen molar-refractivity contribution in [1.82, 2.24) is 9.97 Å². The molecule has 0 saturated carbocycles. The van der Waals surface area contributed by atoms with E-state index in [4.69, 9.17) is 0 Å². The Morgan fingerprint density at radius 1 is 1.26 bits per heavy atom. The summed E-state index contributed by atoms with van der Waals surface area (Å²) in [5.74, 6) is 0. The summed E-state index contributed by atoms with van der Waals surface area (Å²) in [6.07, 6.45) is 1.38. The number of fused-ring (bicyclic) bond motifs is 1. The number of halogens is 1. The van der Waals surface area contributed by atoms with E-state index in [0.29, 0.717) is 10.2 Å². The molecule has 2 heterocycles. The first-order valence-electron chi connectivity index (χ1n) is 5.22. The summed E-state index contributed by atoms with van der Waals surface area (Å²) in [6, 6.07) is 6.99. The van der Waals surface area contributed by atoms with Crippen LogP contribution in [0.2, 0.25) is 0 Å². The number of hydrogen-bond donors (Lipinski definition) is 0. The van der Waals surface area contributed by atoms with Crippen molar-refractivity contribution in [3.8, 4) is 0 Å². The normalized spacial score (nSPS) is 13.7. The lowest BCUT2D eigenvalue weighted by Crippen LogP contribution is -2.08. The van der Waals surface area contributed by atoms with Gasteiger partial charge in [0, 0.05) is 11.6 Å². The highest BCUT2D eigenvalue weighted by Gasteiger charge is 2.33. The lowest BCUT2D eigenvalue weighted by molar-refractivity contribution is 0.429. The molecule has 0 amide bonds. The number of hydrogen-bond acceptors (Lipinski definition) is 6. The van der Waals surface area contributed by atoms with Crippen LogP contribution < -0.4 is 0 Å². The Kier molecular flexibility index (Phi) is 3.08. The van der Waals surface area contributed by atoms with E-state index in [0.717, 1.165) is 22.7 Å². The minimum absolute atomic E-state index is 0.0701. The number of sulfone groups is 1. The first-order valence-corrected chi connectivity index (χ1v) is 8.46. The van der Waals surface area contributed by atoms with Crippen LogP contribution in [0, 0.1) is 0 Å². The fourth-order valence-electron chi connectivity index (χ4n) is 1.54. The summed E-state index contributed by atoms with van der Waals surface area (Å²) in [4.78, 5) is 7.69. The van der Waals surface area contributed by atoms with E-state index >= 15 is 0 Å². The van der Waals surface area contributed by atoms with Crippen LogP contribution >= 0.6 is 22.7 Å². The standard InChI is InChI=1S/C11H7FN2O2S3/c12-9(10-13-5-6-17-10)19(15,16)11-14-7-3-1-2-4-8(7)18-11/h1-6,9H. The molecule has 0 saturated heterocycles. The number of para-hydroxylation sites is 1. The van der Waals surface area contributed by atoms with Gasteiger partial charge in [0.05, 0.1) is 10.2 Å². The SMILES string of the molecule is O=S(=O)(c1nc2ccccc2s1)C(F)c1nccs1. The molecule has 0 bridgehead atoms. The predicted octanol–water partition coefficient (Wildman–Crippen LogP) is 3.19. The first kappa shape index (κ1) is 12.6. The zero-order valence-electron chi connectivity index (χ0n) is 9.36. The highest BCUT2D eigenvalue weighted by molar-refractivity contribution is 7.93. The summed E-state index contributed by atoms with van der Waals surface area (Å²) in [5, 5.41) is 1.47. The Hall–Kier alpha value is -1.38. The van der Waals surface area contributed by atoms with Crippen LogP contribution in [0.15, 0.2) is 40.2 Å². The summed E-state index contributed by atoms with van der Waals surface area (Å²) in [7, 11) is -4.14. The van der Waals surface area contributed by atoms with E-state index in [1.807, 2.05) is 0 Å². The maximum atomic E-state index is 14.1. The van der Waals surface area contributed by atoms with Gasteiger partial charge < -0.3 is 0 Å². The van der Waals surface area contributed by atoms with E-state index in [1.54, 1.807) is 24.3 Å². The van der Waals surface area contributed by atoms with Gasteiger partial charge >= 0.3 is 0 Å². The number of aromatic nitrogens is 2. The van der Waals surface area contributed by atoms with Gasteiger partial charge in [-0.3, -0.25) is 0 Å². The molecule has 0 aliphatic heterocycles. The monoisotopic (exact) mass is 314 g/mol. The molecule has 0 N–H and O–H groups in total. The lowest BCUT2D eigenvalue weighted by atomic mass is 10.3. The van der Waals surface area contributed by atoms with Gasteiger partial charge in [-0.25, -0.2) is 22.8 Å². The number of thiazole rings is 2. The maximum Gasteiger partial charge on any atom is 0.258 e. The molecule has 0 aliphatic rings. The molecule has 1 aromatic carbocycles. The Labute approximate surface area is 116 Å². The van der Waals surface area contributed by atoms with Crippen LogP contribution in [0.3, 0.4) is 0 Å². The van der Waals surface area contributed by atoms with Crippen molar-refractivity contribution in [3.05, 3.63) is 40.8 Å². The van der Waals surface area contributed by atoms with E-state index in [9.17, 15) is 12.8 Å². The predicted molar refractivity (Wildman–Crippen MR) is 72.8 cm³/mol. The smallest absolute Gasteiger partial charge is 0.245 e. The topological polar surface area (TPSA) is 59.9 Å². The summed E-state index contributed by atoms with van der Waals surface area (Å²) >= 11 is 1.94. The fraction of sp³-hybridized carbons (Fsp3) is 0.0909. The van der Waals surface area contributed by atoms with Gasteiger partial charge in [-0.15, -0.1) is 22.7 Å². The van der Waals surface area contributed by atoms with Crippen molar-refractivity contribution in [2.75, 3.05) is 0 Å². The highest BCUT2D eigenvalue weighted by Crippen LogP contribution is 2.35. The molecule has 2 aromatic heterocycles. The summed E-state index contributed by atoms with van der Waals surface area (Å²) < 4.78 is 38.9. The molecule has 19 heavy (non-hydrogen) atoms. The molecule has 98 valence electrons. The molecule has 3 aromatic rings. The molecule has 1 atom stereocenters. The number of rotatable bonds is 3. The Bertz CT molecular complexity index is 778. The molecule has 4 nitrogen and oxygen atoms in total. The van der Waals surface area contributed by atoms with E-state index in [-0.39, 0.29) is 9.35 Å². The molecule has 8 heteroatoms. The third-order valence-electron chi connectivity index (χ3n) is 2.44. The maximum absolute atomic E-state index is 14.1. The van der Waals surface area contributed by atoms with Gasteiger partial charge in [-0.2, -0.15) is 0 Å². The van der Waals surface area contributed by atoms with Crippen LogP contribution in [-0.4, -0.2) is 18.4 Å². The zero-order valence-corrected chi connectivity index (χ0v) is 11.8. The van der Waals surface area contributed by atoms with Crippen molar-refractivity contribution in [2.45, 2.75) is 9.84 Å². The number of alkyl halides is 1. The van der Waals surface area contributed by atoms with Crippen molar-refractivity contribution in [3.63, 3.8) is 0 Å². The Balaban J connectivity index is 2.09. The largest absolute Gasteiger partial charge is 0.258 e. The fourth-order valence-corrected chi connectivity index (χ4v) is 4.99. The number of nitrogens with zero attached hydrogens (tertiary/aromatic N) is 2. The second-order valence-corrected chi connectivity index (χ2v) is 7.78. The van der Waals surface area contributed by atoms with Gasteiger partial charge in [0.1, 0.15) is 5.01 Å². The van der Waals surface area contributed by atoms with E-state index < -0.39 is 15.3 Å². The third-order valence-corrected chi connectivity index (χ3v) is 6.52. The Morgan fingerprint density at radius 3 is 2.74 bits per heavy atom. The molecule has 0 radical (unpaired) electrons. The zero-order chi connectivity index (χ0) is 13.5. The van der Waals surface area contributed by atoms with Gasteiger partial charge in [0.25, 0.3) is 5.50 Å². The van der Waals surface area contributed by atoms with Crippen molar-refractivity contribution in [1.29, 1.82) is 0 Å². The molecule has 0 spiro atoms. The lowest BCUT2D eigenvalue weighted by Gasteiger charge is -2.03. The minimum Gasteiger partial charge on any atom is -0.245 e. The molecule has 0 fully saturated rings. The third kappa shape index (κ3) is 2.15. The molecular weight excluding hydrogens is 307 g/mol. The molecular formula is C11H7FN2O2S3. The average molecular weight is 314 g/mol. The van der Waals surface area contributed by atoms with E-state index in [1.165, 1.54) is 11.6 Å². The molecule has 0 aliphatic carbocycles.